The number of rotatable bonds is 5. The Hall–Kier alpha value is -2.55. The van der Waals surface area contributed by atoms with Crippen LogP contribution in [-0.4, -0.2) is 13.0 Å². The highest BCUT2D eigenvalue weighted by Crippen LogP contribution is 2.23. The molecular formula is C19H21NO2. The number of carbonyl (C=O) groups excluding carboxylic acids is 1. The van der Waals surface area contributed by atoms with E-state index in [-0.39, 0.29) is 5.91 Å². The van der Waals surface area contributed by atoms with Gasteiger partial charge in [0.1, 0.15) is 5.75 Å². The maximum atomic E-state index is 12.0. The first-order valence-electron chi connectivity index (χ1n) is 7.32. The van der Waals surface area contributed by atoms with E-state index in [0.29, 0.717) is 17.4 Å². The fourth-order valence-electron chi connectivity index (χ4n) is 2.09. The molecule has 0 aliphatic carbocycles. The molecule has 0 saturated heterocycles. The van der Waals surface area contributed by atoms with Crippen LogP contribution in [0.4, 0.5) is 5.69 Å². The van der Waals surface area contributed by atoms with Crippen LogP contribution < -0.4 is 10.1 Å². The molecule has 0 bridgehead atoms. The first kappa shape index (κ1) is 15.8. The van der Waals surface area contributed by atoms with Crippen molar-refractivity contribution in [1.29, 1.82) is 0 Å². The van der Waals surface area contributed by atoms with Crippen molar-refractivity contribution in [3.05, 3.63) is 65.7 Å². The summed E-state index contributed by atoms with van der Waals surface area (Å²) in [5.41, 5.74) is 2.95. The maximum absolute atomic E-state index is 12.0. The summed E-state index contributed by atoms with van der Waals surface area (Å²) in [5.74, 6) is 0.967. The molecule has 2 rings (SSSR count). The molecule has 0 unspecified atom stereocenters. The number of nitrogens with one attached hydrogen (secondary N) is 1. The van der Waals surface area contributed by atoms with Crippen molar-refractivity contribution in [3.63, 3.8) is 0 Å². The monoisotopic (exact) mass is 295 g/mol. The van der Waals surface area contributed by atoms with Crippen LogP contribution in [0.3, 0.4) is 0 Å². The minimum absolute atomic E-state index is 0.183. The van der Waals surface area contributed by atoms with E-state index in [2.05, 4.69) is 31.3 Å². The van der Waals surface area contributed by atoms with Crippen LogP contribution in [0.2, 0.25) is 0 Å². The van der Waals surface area contributed by atoms with Crippen LogP contribution in [0.5, 0.6) is 5.75 Å². The van der Waals surface area contributed by atoms with Gasteiger partial charge >= 0.3 is 0 Å². The summed E-state index contributed by atoms with van der Waals surface area (Å²) in [4.78, 5) is 12.0. The second-order valence-electron chi connectivity index (χ2n) is 5.34. The van der Waals surface area contributed by atoms with Gasteiger partial charge in [-0.2, -0.15) is 0 Å². The molecule has 114 valence electrons. The van der Waals surface area contributed by atoms with Crippen molar-refractivity contribution in [2.75, 3.05) is 12.4 Å². The molecule has 2 aromatic rings. The van der Waals surface area contributed by atoms with Crippen LogP contribution in [-0.2, 0) is 4.79 Å². The Kier molecular flexibility index (Phi) is 5.37. The topological polar surface area (TPSA) is 38.3 Å². The predicted octanol–water partition coefficient (Wildman–Crippen LogP) is 4.47. The first-order valence-corrected chi connectivity index (χ1v) is 7.32. The standard InChI is InChI=1S/C19H21NO2/c1-14(2)16-11-8-15(9-12-16)10-13-19(21)20-17-6-4-5-7-18(17)22-3/h4-14H,1-3H3,(H,20,21). The quantitative estimate of drug-likeness (QED) is 0.826. The number of carbonyl (C=O) groups is 1. The van der Waals surface area contributed by atoms with Crippen LogP contribution in [0.1, 0.15) is 30.9 Å². The second-order valence-corrected chi connectivity index (χ2v) is 5.34. The van der Waals surface area contributed by atoms with E-state index in [0.717, 1.165) is 5.56 Å². The molecule has 22 heavy (non-hydrogen) atoms. The van der Waals surface area contributed by atoms with Crippen LogP contribution >= 0.6 is 0 Å². The molecule has 0 fully saturated rings. The Morgan fingerprint density at radius 2 is 1.77 bits per heavy atom. The molecule has 0 aromatic heterocycles. The van der Waals surface area contributed by atoms with E-state index < -0.39 is 0 Å². The SMILES string of the molecule is COc1ccccc1NC(=O)C=Cc1ccc(C(C)C)cc1. The lowest BCUT2D eigenvalue weighted by molar-refractivity contribution is -0.111. The van der Waals surface area contributed by atoms with Gasteiger partial charge in [0.15, 0.2) is 0 Å². The fourth-order valence-corrected chi connectivity index (χ4v) is 2.09. The van der Waals surface area contributed by atoms with Crippen molar-refractivity contribution >= 4 is 17.7 Å². The molecule has 0 aliphatic rings. The molecule has 1 N–H and O–H groups in total. The van der Waals surface area contributed by atoms with E-state index >= 15 is 0 Å². The number of hydrogen-bond acceptors (Lipinski definition) is 2. The summed E-state index contributed by atoms with van der Waals surface area (Å²) in [6.45, 7) is 4.32. The van der Waals surface area contributed by atoms with Crippen molar-refractivity contribution in [2.45, 2.75) is 19.8 Å². The number of hydrogen-bond donors (Lipinski definition) is 1. The molecule has 3 heteroatoms. The zero-order valence-electron chi connectivity index (χ0n) is 13.2. The van der Waals surface area contributed by atoms with Crippen molar-refractivity contribution in [1.82, 2.24) is 0 Å². The zero-order chi connectivity index (χ0) is 15.9. The maximum Gasteiger partial charge on any atom is 0.248 e. The van der Waals surface area contributed by atoms with Gasteiger partial charge in [0, 0.05) is 6.08 Å². The molecule has 0 saturated carbocycles. The lowest BCUT2D eigenvalue weighted by atomic mass is 10.0. The number of methoxy groups -OCH3 is 1. The smallest absolute Gasteiger partial charge is 0.248 e. The molecular weight excluding hydrogens is 274 g/mol. The number of benzene rings is 2. The summed E-state index contributed by atoms with van der Waals surface area (Å²) < 4.78 is 5.21. The third-order valence-electron chi connectivity index (χ3n) is 3.40. The Morgan fingerprint density at radius 1 is 1.09 bits per heavy atom. The van der Waals surface area contributed by atoms with Gasteiger partial charge in [0.25, 0.3) is 0 Å². The summed E-state index contributed by atoms with van der Waals surface area (Å²) in [7, 11) is 1.58. The molecule has 0 atom stereocenters. The molecule has 0 radical (unpaired) electrons. The van der Waals surface area contributed by atoms with Gasteiger partial charge in [-0.05, 0) is 35.3 Å². The number of anilines is 1. The van der Waals surface area contributed by atoms with Gasteiger partial charge in [0.2, 0.25) is 5.91 Å². The average molecular weight is 295 g/mol. The summed E-state index contributed by atoms with van der Waals surface area (Å²) in [6, 6.07) is 15.5. The minimum atomic E-state index is -0.183. The van der Waals surface area contributed by atoms with Crippen molar-refractivity contribution in [2.24, 2.45) is 0 Å². The number of ether oxygens (including phenoxy) is 1. The normalized spacial score (nSPS) is 10.9. The third-order valence-corrected chi connectivity index (χ3v) is 3.40. The van der Waals surface area contributed by atoms with Crippen LogP contribution in [0.15, 0.2) is 54.6 Å². The molecule has 0 aliphatic heterocycles. The molecule has 0 spiro atoms. The lowest BCUT2D eigenvalue weighted by Crippen LogP contribution is -2.08. The largest absolute Gasteiger partial charge is 0.495 e. The van der Waals surface area contributed by atoms with E-state index in [9.17, 15) is 4.79 Å². The van der Waals surface area contributed by atoms with E-state index in [4.69, 9.17) is 4.74 Å². The molecule has 3 nitrogen and oxygen atoms in total. The Labute approximate surface area is 131 Å². The summed E-state index contributed by atoms with van der Waals surface area (Å²) in [5, 5.41) is 2.81. The van der Waals surface area contributed by atoms with Gasteiger partial charge < -0.3 is 10.1 Å². The Morgan fingerprint density at radius 3 is 2.41 bits per heavy atom. The second kappa shape index (κ2) is 7.46. The van der Waals surface area contributed by atoms with Gasteiger partial charge in [-0.3, -0.25) is 4.79 Å². The van der Waals surface area contributed by atoms with Crippen LogP contribution in [0.25, 0.3) is 6.08 Å². The van der Waals surface area contributed by atoms with Gasteiger partial charge in [0.05, 0.1) is 12.8 Å². The molecule has 1 amide bonds. The van der Waals surface area contributed by atoms with E-state index in [1.807, 2.05) is 36.4 Å². The van der Waals surface area contributed by atoms with Gasteiger partial charge in [-0.25, -0.2) is 0 Å². The minimum Gasteiger partial charge on any atom is -0.495 e. The molecule has 0 heterocycles. The predicted molar refractivity (Wildman–Crippen MR) is 91.2 cm³/mol. The number of para-hydroxylation sites is 2. The van der Waals surface area contributed by atoms with Crippen molar-refractivity contribution in [3.8, 4) is 5.75 Å². The highest BCUT2D eigenvalue weighted by Gasteiger charge is 2.04. The fraction of sp³-hybridized carbons (Fsp3) is 0.211. The zero-order valence-corrected chi connectivity index (χ0v) is 13.2. The van der Waals surface area contributed by atoms with Gasteiger partial charge in [-0.1, -0.05) is 50.2 Å². The lowest BCUT2D eigenvalue weighted by Gasteiger charge is -2.08. The summed E-state index contributed by atoms with van der Waals surface area (Å²) in [6.07, 6.45) is 3.33. The van der Waals surface area contributed by atoms with E-state index in [1.165, 1.54) is 11.6 Å². The first-order chi connectivity index (χ1) is 10.6. The number of amides is 1. The Bertz CT molecular complexity index is 657. The average Bonchev–Trinajstić information content (AvgIpc) is 2.54. The highest BCUT2D eigenvalue weighted by atomic mass is 16.5. The van der Waals surface area contributed by atoms with Crippen LogP contribution in [0, 0.1) is 0 Å². The van der Waals surface area contributed by atoms with Crippen molar-refractivity contribution < 1.29 is 9.53 Å². The Balaban J connectivity index is 2.02. The highest BCUT2D eigenvalue weighted by molar-refractivity contribution is 6.02. The molecule has 2 aromatic carbocycles. The van der Waals surface area contributed by atoms with E-state index in [1.54, 1.807) is 13.2 Å². The third kappa shape index (κ3) is 4.22. The summed E-state index contributed by atoms with van der Waals surface area (Å²) >= 11 is 0. The van der Waals surface area contributed by atoms with Gasteiger partial charge in [-0.15, -0.1) is 0 Å².